The predicted molar refractivity (Wildman–Crippen MR) is 95.1 cm³/mol. The molecular weight excluding hydrogens is 305 g/mol. The second kappa shape index (κ2) is 6.91. The summed E-state index contributed by atoms with van der Waals surface area (Å²) in [4.78, 5) is 16.4. The number of halogens is 1. The molecule has 2 aromatic rings. The van der Waals surface area contributed by atoms with Gasteiger partial charge in [-0.15, -0.1) is 0 Å². The summed E-state index contributed by atoms with van der Waals surface area (Å²) in [6.45, 7) is 7.09. The molecule has 24 heavy (non-hydrogen) atoms. The third-order valence-corrected chi connectivity index (χ3v) is 4.50. The average molecular weight is 327 g/mol. The van der Waals surface area contributed by atoms with Gasteiger partial charge in [0.05, 0.1) is 0 Å². The Hall–Kier alpha value is -2.56. The van der Waals surface area contributed by atoms with Crippen molar-refractivity contribution in [1.29, 1.82) is 0 Å². The number of carbonyl (C=O) groups excluding carboxylic acids is 1. The SMILES string of the molecule is Cc1ccc(N2CCN(C(=O)Nc3cccc(F)c3)CC2)cc1C. The number of hydrogen-bond acceptors (Lipinski definition) is 2. The average Bonchev–Trinajstić information content (AvgIpc) is 2.57. The van der Waals surface area contributed by atoms with E-state index in [-0.39, 0.29) is 11.8 Å². The molecule has 4 nitrogen and oxygen atoms in total. The Morgan fingerprint density at radius 2 is 1.75 bits per heavy atom. The summed E-state index contributed by atoms with van der Waals surface area (Å²) in [5.41, 5.74) is 4.24. The molecule has 1 fully saturated rings. The highest BCUT2D eigenvalue weighted by molar-refractivity contribution is 5.89. The third kappa shape index (κ3) is 3.67. The molecule has 1 N–H and O–H groups in total. The Morgan fingerprint density at radius 3 is 2.42 bits per heavy atom. The van der Waals surface area contributed by atoms with Gasteiger partial charge >= 0.3 is 6.03 Å². The summed E-state index contributed by atoms with van der Waals surface area (Å²) in [6, 6.07) is 12.2. The predicted octanol–water partition coefficient (Wildman–Crippen LogP) is 3.80. The number of amides is 2. The Bertz CT molecular complexity index is 739. The molecule has 2 aromatic carbocycles. The van der Waals surface area contributed by atoms with Gasteiger partial charge in [-0.1, -0.05) is 12.1 Å². The lowest BCUT2D eigenvalue weighted by Gasteiger charge is -2.36. The monoisotopic (exact) mass is 327 g/mol. The number of hydrogen-bond donors (Lipinski definition) is 1. The molecule has 5 heteroatoms. The molecule has 126 valence electrons. The summed E-state index contributed by atoms with van der Waals surface area (Å²) in [7, 11) is 0. The molecule has 1 aliphatic heterocycles. The number of carbonyl (C=O) groups is 1. The largest absolute Gasteiger partial charge is 0.368 e. The molecule has 1 saturated heterocycles. The Kier molecular flexibility index (Phi) is 4.69. The van der Waals surface area contributed by atoms with Gasteiger partial charge in [0.15, 0.2) is 0 Å². The van der Waals surface area contributed by atoms with E-state index in [1.807, 2.05) is 0 Å². The number of piperazine rings is 1. The van der Waals surface area contributed by atoms with Crippen molar-refractivity contribution in [2.75, 3.05) is 36.4 Å². The van der Waals surface area contributed by atoms with Gasteiger partial charge in [-0.05, 0) is 55.3 Å². The zero-order chi connectivity index (χ0) is 17.1. The first-order chi connectivity index (χ1) is 11.5. The number of nitrogens with one attached hydrogen (secondary N) is 1. The molecule has 0 aromatic heterocycles. The van der Waals surface area contributed by atoms with Crippen molar-refractivity contribution in [1.82, 2.24) is 4.90 Å². The van der Waals surface area contributed by atoms with Crippen molar-refractivity contribution in [3.8, 4) is 0 Å². The summed E-state index contributed by atoms with van der Waals surface area (Å²) < 4.78 is 13.2. The summed E-state index contributed by atoms with van der Waals surface area (Å²) in [5.74, 6) is -0.354. The van der Waals surface area contributed by atoms with Crippen LogP contribution in [0.3, 0.4) is 0 Å². The number of benzene rings is 2. The van der Waals surface area contributed by atoms with E-state index in [9.17, 15) is 9.18 Å². The number of anilines is 2. The van der Waals surface area contributed by atoms with Crippen molar-refractivity contribution in [2.24, 2.45) is 0 Å². The van der Waals surface area contributed by atoms with Gasteiger partial charge in [-0.3, -0.25) is 0 Å². The van der Waals surface area contributed by atoms with Crippen LogP contribution in [-0.4, -0.2) is 37.1 Å². The quantitative estimate of drug-likeness (QED) is 0.911. The normalized spacial score (nSPS) is 14.6. The fraction of sp³-hybridized carbons (Fsp3) is 0.316. The Morgan fingerprint density at radius 1 is 1.00 bits per heavy atom. The summed E-state index contributed by atoms with van der Waals surface area (Å²) in [5, 5.41) is 2.75. The number of urea groups is 1. The molecule has 0 bridgehead atoms. The lowest BCUT2D eigenvalue weighted by molar-refractivity contribution is 0.208. The van der Waals surface area contributed by atoms with E-state index < -0.39 is 0 Å². The van der Waals surface area contributed by atoms with Crippen LogP contribution in [-0.2, 0) is 0 Å². The molecule has 0 saturated carbocycles. The van der Waals surface area contributed by atoms with Crippen molar-refractivity contribution in [2.45, 2.75) is 13.8 Å². The van der Waals surface area contributed by atoms with Gasteiger partial charge in [0.25, 0.3) is 0 Å². The molecule has 1 aliphatic rings. The van der Waals surface area contributed by atoms with Gasteiger partial charge < -0.3 is 15.1 Å². The van der Waals surface area contributed by atoms with Crippen LogP contribution in [0.1, 0.15) is 11.1 Å². The smallest absolute Gasteiger partial charge is 0.321 e. The van der Waals surface area contributed by atoms with Gasteiger partial charge in [-0.2, -0.15) is 0 Å². The second-order valence-electron chi connectivity index (χ2n) is 6.18. The second-order valence-corrected chi connectivity index (χ2v) is 6.18. The molecule has 0 unspecified atom stereocenters. The van der Waals surface area contributed by atoms with E-state index >= 15 is 0 Å². The fourth-order valence-electron chi connectivity index (χ4n) is 2.86. The van der Waals surface area contributed by atoms with Crippen LogP contribution in [0, 0.1) is 19.7 Å². The highest BCUT2D eigenvalue weighted by atomic mass is 19.1. The number of aryl methyl sites for hydroxylation is 2. The zero-order valence-electron chi connectivity index (χ0n) is 14.1. The van der Waals surface area contributed by atoms with Crippen LogP contribution in [0.25, 0.3) is 0 Å². The first-order valence-corrected chi connectivity index (χ1v) is 8.16. The van der Waals surface area contributed by atoms with E-state index in [2.05, 4.69) is 42.3 Å². The highest BCUT2D eigenvalue weighted by Gasteiger charge is 2.21. The van der Waals surface area contributed by atoms with Crippen molar-refractivity contribution in [3.63, 3.8) is 0 Å². The van der Waals surface area contributed by atoms with Crippen molar-refractivity contribution >= 4 is 17.4 Å². The highest BCUT2D eigenvalue weighted by Crippen LogP contribution is 2.20. The minimum Gasteiger partial charge on any atom is -0.368 e. The maximum absolute atomic E-state index is 13.2. The molecule has 2 amide bonds. The van der Waals surface area contributed by atoms with Gasteiger partial charge in [0.2, 0.25) is 0 Å². The van der Waals surface area contributed by atoms with Crippen LogP contribution >= 0.6 is 0 Å². The van der Waals surface area contributed by atoms with Crippen molar-refractivity contribution in [3.05, 3.63) is 59.4 Å². The standard InChI is InChI=1S/C19H22FN3O/c1-14-6-7-18(12-15(14)2)22-8-10-23(11-9-22)19(24)21-17-5-3-4-16(20)13-17/h3-7,12-13H,8-11H2,1-2H3,(H,21,24). The van der Waals surface area contributed by atoms with Crippen LogP contribution in [0.4, 0.5) is 20.6 Å². The zero-order valence-corrected chi connectivity index (χ0v) is 14.1. The lowest BCUT2D eigenvalue weighted by Crippen LogP contribution is -2.50. The molecule has 0 atom stereocenters. The minimum atomic E-state index is -0.354. The molecule has 3 rings (SSSR count). The van der Waals surface area contributed by atoms with Crippen LogP contribution < -0.4 is 10.2 Å². The first-order valence-electron chi connectivity index (χ1n) is 8.16. The lowest BCUT2D eigenvalue weighted by atomic mass is 10.1. The maximum Gasteiger partial charge on any atom is 0.321 e. The van der Waals surface area contributed by atoms with Crippen LogP contribution in [0.15, 0.2) is 42.5 Å². The van der Waals surface area contributed by atoms with E-state index in [0.29, 0.717) is 18.8 Å². The van der Waals surface area contributed by atoms with E-state index in [0.717, 1.165) is 13.1 Å². The number of nitrogens with zero attached hydrogens (tertiary/aromatic N) is 2. The van der Waals surface area contributed by atoms with Gasteiger partial charge in [0, 0.05) is 37.6 Å². The van der Waals surface area contributed by atoms with Gasteiger partial charge in [0.1, 0.15) is 5.82 Å². The van der Waals surface area contributed by atoms with Crippen LogP contribution in [0.5, 0.6) is 0 Å². The molecule has 0 radical (unpaired) electrons. The Labute approximate surface area is 141 Å². The summed E-state index contributed by atoms with van der Waals surface area (Å²) >= 11 is 0. The van der Waals surface area contributed by atoms with Crippen LogP contribution in [0.2, 0.25) is 0 Å². The molecular formula is C19H22FN3O. The summed E-state index contributed by atoms with van der Waals surface area (Å²) in [6.07, 6.45) is 0. The molecule has 1 heterocycles. The molecule has 0 aliphatic carbocycles. The van der Waals surface area contributed by atoms with Crippen molar-refractivity contribution < 1.29 is 9.18 Å². The maximum atomic E-state index is 13.2. The van der Waals surface area contributed by atoms with E-state index in [1.54, 1.807) is 17.0 Å². The first kappa shape index (κ1) is 16.3. The minimum absolute atomic E-state index is 0.180. The topological polar surface area (TPSA) is 35.6 Å². The van der Waals surface area contributed by atoms with Gasteiger partial charge in [-0.25, -0.2) is 9.18 Å². The van der Waals surface area contributed by atoms with E-state index in [4.69, 9.17) is 0 Å². The van der Waals surface area contributed by atoms with E-state index in [1.165, 1.54) is 28.9 Å². The fourth-order valence-corrected chi connectivity index (χ4v) is 2.86. The number of rotatable bonds is 2. The third-order valence-electron chi connectivity index (χ3n) is 4.50. The Balaban J connectivity index is 1.58. The molecule has 0 spiro atoms.